The maximum atomic E-state index is 4.91. The SMILES string of the molecule is CCNC(=NCC1CCCCN1CC)NC1CCc2nc(CC)nn2C1.I. The molecule has 0 spiro atoms. The van der Waals surface area contributed by atoms with Crippen LogP contribution in [0.5, 0.6) is 0 Å². The van der Waals surface area contributed by atoms with Crippen LogP contribution in [-0.4, -0.2) is 63.9 Å². The van der Waals surface area contributed by atoms with Crippen LogP contribution in [0.25, 0.3) is 0 Å². The normalized spacial score (nSPS) is 23.4. The zero-order valence-electron chi connectivity index (χ0n) is 17.1. The van der Waals surface area contributed by atoms with E-state index in [-0.39, 0.29) is 24.0 Å². The van der Waals surface area contributed by atoms with Crippen LogP contribution in [0.1, 0.15) is 58.1 Å². The molecule has 0 saturated carbocycles. The van der Waals surface area contributed by atoms with Crippen LogP contribution in [-0.2, 0) is 19.4 Å². The van der Waals surface area contributed by atoms with Crippen molar-refractivity contribution in [2.45, 2.75) is 77.9 Å². The summed E-state index contributed by atoms with van der Waals surface area (Å²) >= 11 is 0. The molecule has 0 radical (unpaired) electrons. The highest BCUT2D eigenvalue weighted by atomic mass is 127. The lowest BCUT2D eigenvalue weighted by molar-refractivity contribution is 0.161. The number of nitrogens with zero attached hydrogens (tertiary/aromatic N) is 5. The van der Waals surface area contributed by atoms with Gasteiger partial charge in [0, 0.05) is 31.5 Å². The summed E-state index contributed by atoms with van der Waals surface area (Å²) < 4.78 is 2.07. The van der Waals surface area contributed by atoms with Crippen molar-refractivity contribution in [1.82, 2.24) is 30.3 Å². The van der Waals surface area contributed by atoms with Gasteiger partial charge >= 0.3 is 0 Å². The largest absolute Gasteiger partial charge is 0.357 e. The fourth-order valence-corrected chi connectivity index (χ4v) is 4.02. The highest BCUT2D eigenvalue weighted by Crippen LogP contribution is 2.17. The Morgan fingerprint density at radius 1 is 1.22 bits per heavy atom. The van der Waals surface area contributed by atoms with E-state index < -0.39 is 0 Å². The van der Waals surface area contributed by atoms with Crippen molar-refractivity contribution < 1.29 is 0 Å². The van der Waals surface area contributed by atoms with Crippen LogP contribution in [0.4, 0.5) is 0 Å². The molecule has 7 nitrogen and oxygen atoms in total. The lowest BCUT2D eigenvalue weighted by Gasteiger charge is -2.34. The van der Waals surface area contributed by atoms with Crippen LogP contribution in [0.2, 0.25) is 0 Å². The van der Waals surface area contributed by atoms with E-state index in [4.69, 9.17) is 4.99 Å². The second-order valence-corrected chi connectivity index (χ2v) is 7.36. The number of fused-ring (bicyclic) bond motifs is 1. The number of rotatable bonds is 6. The summed E-state index contributed by atoms with van der Waals surface area (Å²) in [4.78, 5) is 12.1. The fourth-order valence-electron chi connectivity index (χ4n) is 4.02. The number of hydrogen-bond donors (Lipinski definition) is 2. The molecule has 1 aromatic heterocycles. The van der Waals surface area contributed by atoms with Gasteiger partial charge in [-0.2, -0.15) is 5.10 Å². The molecule has 1 fully saturated rings. The van der Waals surface area contributed by atoms with Gasteiger partial charge in [0.2, 0.25) is 0 Å². The number of aryl methyl sites for hydroxylation is 2. The third-order valence-corrected chi connectivity index (χ3v) is 5.52. The molecule has 0 amide bonds. The molecule has 27 heavy (non-hydrogen) atoms. The van der Waals surface area contributed by atoms with Crippen molar-refractivity contribution in [3.63, 3.8) is 0 Å². The topological polar surface area (TPSA) is 70.4 Å². The fraction of sp³-hybridized carbons (Fsp3) is 0.842. The maximum absolute atomic E-state index is 4.91. The Hall–Kier alpha value is -0.900. The number of likely N-dealkylation sites (N-methyl/N-ethyl adjacent to an activating group) is 1. The molecule has 0 aromatic carbocycles. The first-order chi connectivity index (χ1) is 12.7. The molecule has 0 bridgehead atoms. The van der Waals surface area contributed by atoms with E-state index in [2.05, 4.69) is 51.1 Å². The van der Waals surface area contributed by atoms with E-state index in [1.165, 1.54) is 25.8 Å². The van der Waals surface area contributed by atoms with Crippen molar-refractivity contribution in [2.24, 2.45) is 4.99 Å². The number of likely N-dealkylation sites (tertiary alicyclic amines) is 1. The summed E-state index contributed by atoms with van der Waals surface area (Å²) in [5.41, 5.74) is 0. The molecule has 2 aliphatic heterocycles. The van der Waals surface area contributed by atoms with Gasteiger partial charge in [-0.1, -0.05) is 20.3 Å². The lowest BCUT2D eigenvalue weighted by atomic mass is 10.0. The monoisotopic (exact) mass is 489 g/mol. The molecule has 2 unspecified atom stereocenters. The third kappa shape index (κ3) is 6.04. The van der Waals surface area contributed by atoms with Crippen LogP contribution in [0, 0.1) is 0 Å². The third-order valence-electron chi connectivity index (χ3n) is 5.52. The van der Waals surface area contributed by atoms with E-state index in [0.717, 1.165) is 63.0 Å². The van der Waals surface area contributed by atoms with Crippen LogP contribution in [0.15, 0.2) is 4.99 Å². The highest BCUT2D eigenvalue weighted by molar-refractivity contribution is 14.0. The molecule has 154 valence electrons. The van der Waals surface area contributed by atoms with Crippen molar-refractivity contribution in [1.29, 1.82) is 0 Å². The minimum Gasteiger partial charge on any atom is -0.357 e. The molecule has 1 saturated heterocycles. The smallest absolute Gasteiger partial charge is 0.191 e. The Bertz CT molecular complexity index is 601. The molecule has 3 heterocycles. The van der Waals surface area contributed by atoms with Crippen molar-refractivity contribution in [3.8, 4) is 0 Å². The van der Waals surface area contributed by atoms with Gasteiger partial charge in [0.15, 0.2) is 11.8 Å². The Morgan fingerprint density at radius 3 is 2.81 bits per heavy atom. The van der Waals surface area contributed by atoms with Crippen molar-refractivity contribution in [3.05, 3.63) is 11.6 Å². The molecular weight excluding hydrogens is 453 g/mol. The first-order valence-corrected chi connectivity index (χ1v) is 10.4. The van der Waals surface area contributed by atoms with E-state index in [0.29, 0.717) is 12.1 Å². The van der Waals surface area contributed by atoms with Crippen LogP contribution in [0.3, 0.4) is 0 Å². The van der Waals surface area contributed by atoms with Crippen molar-refractivity contribution in [2.75, 3.05) is 26.2 Å². The molecule has 8 heteroatoms. The summed E-state index contributed by atoms with van der Waals surface area (Å²) in [6.07, 6.45) is 6.89. The Labute approximate surface area is 180 Å². The highest BCUT2D eigenvalue weighted by Gasteiger charge is 2.23. The number of guanidine groups is 1. The number of aliphatic imine (C=N–C) groups is 1. The molecular formula is C19H36IN7. The number of aromatic nitrogens is 3. The summed E-state index contributed by atoms with van der Waals surface area (Å²) in [5, 5.41) is 11.7. The zero-order valence-corrected chi connectivity index (χ0v) is 19.4. The summed E-state index contributed by atoms with van der Waals surface area (Å²) in [6, 6.07) is 0.949. The predicted octanol–water partition coefficient (Wildman–Crippen LogP) is 2.20. The number of nitrogens with one attached hydrogen (secondary N) is 2. The number of halogens is 1. The van der Waals surface area contributed by atoms with Gasteiger partial charge in [0.05, 0.1) is 13.1 Å². The standard InChI is InChI=1S/C19H35N7.HI/c1-4-17-23-18-11-10-15(14-26(18)24-17)22-19(20-5-2)21-13-16-9-7-8-12-25(16)6-3;/h15-16H,4-14H2,1-3H3,(H2,20,21,22);1H. The second-order valence-electron chi connectivity index (χ2n) is 7.36. The van der Waals surface area contributed by atoms with Gasteiger partial charge in [-0.25, -0.2) is 9.67 Å². The molecule has 2 atom stereocenters. The molecule has 1 aromatic rings. The maximum Gasteiger partial charge on any atom is 0.191 e. The Kier molecular flexibility index (Phi) is 9.28. The van der Waals surface area contributed by atoms with Crippen LogP contribution < -0.4 is 10.6 Å². The number of hydrogen-bond acceptors (Lipinski definition) is 4. The van der Waals surface area contributed by atoms with E-state index in [9.17, 15) is 0 Å². The molecule has 0 aliphatic carbocycles. The average Bonchev–Trinajstić information content (AvgIpc) is 3.09. The zero-order chi connectivity index (χ0) is 18.4. The Morgan fingerprint density at radius 2 is 2.07 bits per heavy atom. The van der Waals surface area contributed by atoms with Gasteiger partial charge in [-0.15, -0.1) is 24.0 Å². The second kappa shape index (κ2) is 11.2. The molecule has 2 aliphatic rings. The minimum atomic E-state index is 0. The van der Waals surface area contributed by atoms with Crippen LogP contribution >= 0.6 is 24.0 Å². The first kappa shape index (κ1) is 22.4. The lowest BCUT2D eigenvalue weighted by Crippen LogP contribution is -2.48. The minimum absolute atomic E-state index is 0. The van der Waals surface area contributed by atoms with E-state index in [1.54, 1.807) is 0 Å². The Balaban J connectivity index is 0.00000261. The summed E-state index contributed by atoms with van der Waals surface area (Å²) in [7, 11) is 0. The van der Waals surface area contributed by atoms with Gasteiger partial charge < -0.3 is 10.6 Å². The predicted molar refractivity (Wildman–Crippen MR) is 121 cm³/mol. The average molecular weight is 489 g/mol. The van der Waals surface area contributed by atoms with E-state index in [1.807, 2.05) is 0 Å². The van der Waals surface area contributed by atoms with Gasteiger partial charge in [0.25, 0.3) is 0 Å². The summed E-state index contributed by atoms with van der Waals surface area (Å²) in [6.45, 7) is 11.5. The van der Waals surface area contributed by atoms with Crippen molar-refractivity contribution >= 4 is 29.9 Å². The summed E-state index contributed by atoms with van der Waals surface area (Å²) in [5.74, 6) is 3.03. The van der Waals surface area contributed by atoms with Gasteiger partial charge in [-0.05, 0) is 39.3 Å². The number of piperidine rings is 1. The van der Waals surface area contributed by atoms with Gasteiger partial charge in [0.1, 0.15) is 5.82 Å². The quantitative estimate of drug-likeness (QED) is 0.364. The molecule has 2 N–H and O–H groups in total. The first-order valence-electron chi connectivity index (χ1n) is 10.4. The van der Waals surface area contributed by atoms with E-state index >= 15 is 0 Å². The molecule has 3 rings (SSSR count). The van der Waals surface area contributed by atoms with Gasteiger partial charge in [-0.3, -0.25) is 9.89 Å².